The number of carbonyl (C=O) groups is 3. The number of hydrogen-bond donors (Lipinski definition) is 2. The molecule has 2 N–H and O–H groups in total. The molecule has 6 heteroatoms. The Balaban J connectivity index is 1.97. The molecule has 23 heavy (non-hydrogen) atoms. The van der Waals surface area contributed by atoms with Crippen molar-refractivity contribution in [3.05, 3.63) is 29.3 Å². The van der Waals surface area contributed by atoms with Crippen LogP contribution in [0.3, 0.4) is 0 Å². The monoisotopic (exact) mass is 318 g/mol. The highest BCUT2D eigenvalue weighted by Crippen LogP contribution is 2.16. The molecule has 0 unspecified atom stereocenters. The lowest BCUT2D eigenvalue weighted by Gasteiger charge is -2.24. The number of carboxylic acids is 1. The Morgan fingerprint density at radius 1 is 1.22 bits per heavy atom. The minimum Gasteiger partial charge on any atom is -0.478 e. The van der Waals surface area contributed by atoms with Crippen LogP contribution >= 0.6 is 0 Å². The lowest BCUT2D eigenvalue weighted by atomic mass is 10.1. The van der Waals surface area contributed by atoms with Crippen LogP contribution in [0.1, 0.15) is 48.0 Å². The summed E-state index contributed by atoms with van der Waals surface area (Å²) in [6.45, 7) is 2.34. The zero-order valence-corrected chi connectivity index (χ0v) is 13.3. The van der Waals surface area contributed by atoms with E-state index in [1.807, 2.05) is 0 Å². The number of likely N-dealkylation sites (tertiary alicyclic amines) is 1. The molecule has 2 rings (SSSR count). The van der Waals surface area contributed by atoms with Gasteiger partial charge in [-0.15, -0.1) is 0 Å². The van der Waals surface area contributed by atoms with Gasteiger partial charge in [0.15, 0.2) is 0 Å². The Kier molecular flexibility index (Phi) is 5.73. The van der Waals surface area contributed by atoms with Crippen LogP contribution in [-0.2, 0) is 9.59 Å². The molecule has 0 spiro atoms. The van der Waals surface area contributed by atoms with E-state index in [2.05, 4.69) is 5.32 Å². The van der Waals surface area contributed by atoms with Gasteiger partial charge in [0.25, 0.3) is 0 Å². The number of benzene rings is 1. The minimum absolute atomic E-state index is 0.0252. The smallest absolute Gasteiger partial charge is 0.335 e. The van der Waals surface area contributed by atoms with Crippen LogP contribution in [0.2, 0.25) is 0 Å². The van der Waals surface area contributed by atoms with E-state index in [-0.39, 0.29) is 23.9 Å². The van der Waals surface area contributed by atoms with Gasteiger partial charge in [-0.25, -0.2) is 4.79 Å². The van der Waals surface area contributed by atoms with E-state index in [1.165, 1.54) is 6.07 Å². The van der Waals surface area contributed by atoms with E-state index in [4.69, 9.17) is 5.11 Å². The second-order valence-electron chi connectivity index (χ2n) is 5.86. The first-order valence-electron chi connectivity index (χ1n) is 7.89. The summed E-state index contributed by atoms with van der Waals surface area (Å²) in [5.41, 5.74) is 1.33. The molecule has 0 radical (unpaired) electrons. The quantitative estimate of drug-likeness (QED) is 0.892. The molecule has 1 fully saturated rings. The van der Waals surface area contributed by atoms with Crippen molar-refractivity contribution in [1.82, 2.24) is 4.90 Å². The van der Waals surface area contributed by atoms with E-state index in [0.717, 1.165) is 25.7 Å². The molecule has 0 aromatic heterocycles. The van der Waals surface area contributed by atoms with Crippen molar-refractivity contribution in [2.24, 2.45) is 0 Å². The topological polar surface area (TPSA) is 86.7 Å². The first-order valence-corrected chi connectivity index (χ1v) is 7.89. The predicted octanol–water partition coefficient (Wildman–Crippen LogP) is 2.42. The molecule has 2 amide bonds. The van der Waals surface area contributed by atoms with Gasteiger partial charge < -0.3 is 15.3 Å². The SMILES string of the molecule is Cc1cc(NC(=O)CN2CCCCCCC2=O)ccc1C(=O)O. The van der Waals surface area contributed by atoms with Crippen LogP contribution in [0.25, 0.3) is 0 Å². The Hall–Kier alpha value is -2.37. The van der Waals surface area contributed by atoms with E-state index >= 15 is 0 Å². The Labute approximate surface area is 135 Å². The lowest BCUT2D eigenvalue weighted by Crippen LogP contribution is -2.39. The predicted molar refractivity (Wildman–Crippen MR) is 86.4 cm³/mol. The molecule has 1 heterocycles. The average Bonchev–Trinajstić information content (AvgIpc) is 2.46. The largest absolute Gasteiger partial charge is 0.478 e. The van der Waals surface area contributed by atoms with Crippen molar-refractivity contribution in [2.75, 3.05) is 18.4 Å². The van der Waals surface area contributed by atoms with Gasteiger partial charge in [-0.2, -0.15) is 0 Å². The van der Waals surface area contributed by atoms with Crippen LogP contribution in [0.15, 0.2) is 18.2 Å². The molecule has 0 bridgehead atoms. The van der Waals surface area contributed by atoms with E-state index in [1.54, 1.807) is 24.0 Å². The average molecular weight is 318 g/mol. The van der Waals surface area contributed by atoms with E-state index in [0.29, 0.717) is 24.2 Å². The maximum Gasteiger partial charge on any atom is 0.335 e. The third kappa shape index (κ3) is 4.81. The van der Waals surface area contributed by atoms with E-state index < -0.39 is 5.97 Å². The number of carboxylic acid groups (broad SMARTS) is 1. The third-order valence-corrected chi connectivity index (χ3v) is 4.00. The molecule has 1 aliphatic rings. The number of carbonyl (C=O) groups excluding carboxylic acids is 2. The van der Waals surface area contributed by atoms with Gasteiger partial charge >= 0.3 is 5.97 Å². The Morgan fingerprint density at radius 3 is 2.65 bits per heavy atom. The Morgan fingerprint density at radius 2 is 1.96 bits per heavy atom. The molecule has 0 saturated carbocycles. The number of anilines is 1. The van der Waals surface area contributed by atoms with Crippen LogP contribution in [0.5, 0.6) is 0 Å². The molecule has 1 aromatic carbocycles. The highest BCUT2D eigenvalue weighted by molar-refractivity contribution is 5.96. The van der Waals surface area contributed by atoms with Crippen molar-refractivity contribution in [1.29, 1.82) is 0 Å². The number of hydrogen-bond acceptors (Lipinski definition) is 3. The summed E-state index contributed by atoms with van der Waals surface area (Å²) in [4.78, 5) is 36.7. The summed E-state index contributed by atoms with van der Waals surface area (Å²) in [5, 5.41) is 11.7. The molecule has 1 aromatic rings. The second kappa shape index (κ2) is 7.76. The van der Waals surface area contributed by atoms with Crippen molar-refractivity contribution < 1.29 is 19.5 Å². The number of nitrogens with one attached hydrogen (secondary N) is 1. The highest BCUT2D eigenvalue weighted by Gasteiger charge is 2.18. The summed E-state index contributed by atoms with van der Waals surface area (Å²) < 4.78 is 0. The molecular weight excluding hydrogens is 296 g/mol. The Bertz CT molecular complexity index is 613. The second-order valence-corrected chi connectivity index (χ2v) is 5.86. The van der Waals surface area contributed by atoms with Crippen LogP contribution < -0.4 is 5.32 Å². The first kappa shape index (κ1) is 17.0. The maximum absolute atomic E-state index is 12.1. The molecule has 0 atom stereocenters. The molecule has 0 aliphatic carbocycles. The van der Waals surface area contributed by atoms with Crippen LogP contribution in [-0.4, -0.2) is 40.9 Å². The van der Waals surface area contributed by atoms with Crippen molar-refractivity contribution in [3.63, 3.8) is 0 Å². The van der Waals surface area contributed by atoms with E-state index in [9.17, 15) is 14.4 Å². The summed E-state index contributed by atoms with van der Waals surface area (Å²) in [5.74, 6) is -1.23. The van der Waals surface area contributed by atoms with Crippen LogP contribution in [0, 0.1) is 6.92 Å². The van der Waals surface area contributed by atoms with Gasteiger partial charge in [0.1, 0.15) is 0 Å². The molecule has 6 nitrogen and oxygen atoms in total. The van der Waals surface area contributed by atoms with Gasteiger partial charge in [-0.05, 0) is 43.5 Å². The van der Waals surface area contributed by atoms with Crippen LogP contribution in [0.4, 0.5) is 5.69 Å². The van der Waals surface area contributed by atoms with Gasteiger partial charge in [-0.1, -0.05) is 12.8 Å². The number of aromatic carboxylic acids is 1. The van der Waals surface area contributed by atoms with Crippen molar-refractivity contribution >= 4 is 23.5 Å². The third-order valence-electron chi connectivity index (χ3n) is 4.00. The van der Waals surface area contributed by atoms with Gasteiger partial charge in [0.05, 0.1) is 12.1 Å². The summed E-state index contributed by atoms with van der Waals surface area (Å²) >= 11 is 0. The summed E-state index contributed by atoms with van der Waals surface area (Å²) in [6.07, 6.45) is 4.46. The van der Waals surface area contributed by atoms with Crippen molar-refractivity contribution in [3.8, 4) is 0 Å². The number of rotatable bonds is 4. The molecule has 1 aliphatic heterocycles. The fraction of sp³-hybridized carbons (Fsp3) is 0.471. The zero-order chi connectivity index (χ0) is 16.8. The number of amides is 2. The number of aryl methyl sites for hydroxylation is 1. The molecular formula is C17H22N2O4. The van der Waals surface area contributed by atoms with Gasteiger partial charge in [0.2, 0.25) is 11.8 Å². The standard InChI is InChI=1S/C17H22N2O4/c1-12-10-13(7-8-14(12)17(22)23)18-15(20)11-19-9-5-3-2-4-6-16(19)21/h7-8,10H,2-6,9,11H2,1H3,(H,18,20)(H,22,23). The van der Waals surface area contributed by atoms with Gasteiger partial charge in [-0.3, -0.25) is 9.59 Å². The lowest BCUT2D eigenvalue weighted by molar-refractivity contribution is -0.135. The zero-order valence-electron chi connectivity index (χ0n) is 13.3. The molecule has 124 valence electrons. The first-order chi connectivity index (χ1) is 11.0. The number of nitrogens with zero attached hydrogens (tertiary/aromatic N) is 1. The highest BCUT2D eigenvalue weighted by atomic mass is 16.4. The maximum atomic E-state index is 12.1. The fourth-order valence-electron chi connectivity index (χ4n) is 2.74. The molecule has 1 saturated heterocycles. The summed E-state index contributed by atoms with van der Waals surface area (Å²) in [7, 11) is 0. The van der Waals surface area contributed by atoms with Crippen molar-refractivity contribution in [2.45, 2.75) is 39.0 Å². The minimum atomic E-state index is -0.994. The summed E-state index contributed by atoms with van der Waals surface area (Å²) in [6, 6.07) is 4.65. The van der Waals surface area contributed by atoms with Gasteiger partial charge in [0, 0.05) is 18.7 Å². The normalized spacial score (nSPS) is 15.7. The fourth-order valence-corrected chi connectivity index (χ4v) is 2.74.